The average Bonchev–Trinajstić information content (AvgIpc) is 2.89. The lowest BCUT2D eigenvalue weighted by Gasteiger charge is -2.24. The van der Waals surface area contributed by atoms with Crippen molar-refractivity contribution in [2.75, 3.05) is 0 Å². The first-order valence-electron chi connectivity index (χ1n) is 7.41. The maximum absolute atomic E-state index is 4.43. The zero-order chi connectivity index (χ0) is 13.2. The van der Waals surface area contributed by atoms with Crippen LogP contribution in [0, 0.1) is 0 Å². The molecule has 0 radical (unpaired) electrons. The largest absolute Gasteiger partial charge is 0.265 e. The summed E-state index contributed by atoms with van der Waals surface area (Å²) in [6, 6.07) is 6.90. The fourth-order valence-electron chi connectivity index (χ4n) is 3.22. The van der Waals surface area contributed by atoms with E-state index in [-0.39, 0.29) is 0 Å². The van der Waals surface area contributed by atoms with Crippen LogP contribution in [0.25, 0.3) is 10.9 Å². The van der Waals surface area contributed by atoms with Gasteiger partial charge in [0.25, 0.3) is 0 Å². The number of nitrogens with zero attached hydrogens (tertiary/aromatic N) is 2. The van der Waals surface area contributed by atoms with Crippen LogP contribution >= 0.6 is 0 Å². The van der Waals surface area contributed by atoms with E-state index in [0.717, 1.165) is 12.5 Å². The standard InChI is InChI=1S/C17H22N2/c1-3-13-5-7-14(8-6-13)15-9-10-17-16(11-15)12-18-19(17)4-2/h3,9-12,14H,4-8H2,1-2H3. The minimum Gasteiger partial charge on any atom is -0.265 e. The normalized spacial score (nSPS) is 19.9. The van der Waals surface area contributed by atoms with E-state index in [1.807, 2.05) is 6.20 Å². The van der Waals surface area contributed by atoms with Crippen molar-refractivity contribution >= 4 is 10.9 Å². The van der Waals surface area contributed by atoms with Gasteiger partial charge in [-0.1, -0.05) is 17.7 Å². The van der Waals surface area contributed by atoms with E-state index < -0.39 is 0 Å². The molecule has 1 fully saturated rings. The molecule has 1 heterocycles. The van der Waals surface area contributed by atoms with Gasteiger partial charge < -0.3 is 0 Å². The van der Waals surface area contributed by atoms with Gasteiger partial charge >= 0.3 is 0 Å². The Morgan fingerprint density at radius 2 is 2.11 bits per heavy atom. The molecule has 1 saturated carbocycles. The number of aromatic nitrogens is 2. The fraction of sp³-hybridized carbons (Fsp3) is 0.471. The van der Waals surface area contributed by atoms with Crippen molar-refractivity contribution in [1.29, 1.82) is 0 Å². The summed E-state index contributed by atoms with van der Waals surface area (Å²) in [4.78, 5) is 0. The molecule has 0 atom stereocenters. The van der Waals surface area contributed by atoms with Crippen molar-refractivity contribution in [2.45, 2.75) is 52.0 Å². The summed E-state index contributed by atoms with van der Waals surface area (Å²) in [5, 5.41) is 5.72. The summed E-state index contributed by atoms with van der Waals surface area (Å²) >= 11 is 0. The second kappa shape index (κ2) is 5.20. The van der Waals surface area contributed by atoms with E-state index in [1.165, 1.54) is 42.1 Å². The molecule has 1 aliphatic carbocycles. The number of fused-ring (bicyclic) bond motifs is 1. The summed E-state index contributed by atoms with van der Waals surface area (Å²) in [6.45, 7) is 5.25. The highest BCUT2D eigenvalue weighted by atomic mass is 15.3. The number of hydrogen-bond donors (Lipinski definition) is 0. The molecule has 0 saturated heterocycles. The van der Waals surface area contributed by atoms with Crippen LogP contribution in [0.2, 0.25) is 0 Å². The molecule has 0 N–H and O–H groups in total. The zero-order valence-electron chi connectivity index (χ0n) is 11.9. The number of hydrogen-bond acceptors (Lipinski definition) is 1. The lowest BCUT2D eigenvalue weighted by Crippen LogP contribution is -2.06. The monoisotopic (exact) mass is 254 g/mol. The van der Waals surface area contributed by atoms with Crippen molar-refractivity contribution in [3.05, 3.63) is 41.6 Å². The molecule has 2 heteroatoms. The second-order valence-electron chi connectivity index (χ2n) is 5.50. The van der Waals surface area contributed by atoms with E-state index in [2.05, 4.69) is 47.9 Å². The SMILES string of the molecule is CC=C1CCC(c2ccc3c(cnn3CC)c2)CC1. The van der Waals surface area contributed by atoms with Gasteiger partial charge in [0, 0.05) is 11.9 Å². The lowest BCUT2D eigenvalue weighted by atomic mass is 9.81. The first-order chi connectivity index (χ1) is 9.31. The van der Waals surface area contributed by atoms with Crippen molar-refractivity contribution in [1.82, 2.24) is 9.78 Å². The van der Waals surface area contributed by atoms with Crippen LogP contribution in [0.3, 0.4) is 0 Å². The average molecular weight is 254 g/mol. The maximum Gasteiger partial charge on any atom is 0.0682 e. The molecule has 1 aromatic heterocycles. The third-order valence-electron chi connectivity index (χ3n) is 4.47. The van der Waals surface area contributed by atoms with Gasteiger partial charge in [-0.25, -0.2) is 0 Å². The first kappa shape index (κ1) is 12.5. The molecule has 0 unspecified atom stereocenters. The fourth-order valence-corrected chi connectivity index (χ4v) is 3.22. The molecule has 100 valence electrons. The van der Waals surface area contributed by atoms with E-state index in [1.54, 1.807) is 5.57 Å². The van der Waals surface area contributed by atoms with Crippen LogP contribution in [-0.2, 0) is 6.54 Å². The van der Waals surface area contributed by atoms with Crippen LogP contribution in [0.1, 0.15) is 51.0 Å². The lowest BCUT2D eigenvalue weighted by molar-refractivity contribution is 0.516. The highest BCUT2D eigenvalue weighted by molar-refractivity contribution is 5.79. The van der Waals surface area contributed by atoms with E-state index >= 15 is 0 Å². The van der Waals surface area contributed by atoms with Crippen molar-refractivity contribution < 1.29 is 0 Å². The van der Waals surface area contributed by atoms with Gasteiger partial charge in [0.2, 0.25) is 0 Å². The molecular formula is C17H22N2. The number of rotatable bonds is 2. The smallest absolute Gasteiger partial charge is 0.0682 e. The highest BCUT2D eigenvalue weighted by Gasteiger charge is 2.18. The molecule has 0 amide bonds. The van der Waals surface area contributed by atoms with Crippen molar-refractivity contribution in [3.63, 3.8) is 0 Å². The van der Waals surface area contributed by atoms with Gasteiger partial charge in [-0.3, -0.25) is 4.68 Å². The van der Waals surface area contributed by atoms with Crippen LogP contribution < -0.4 is 0 Å². The second-order valence-corrected chi connectivity index (χ2v) is 5.50. The van der Waals surface area contributed by atoms with Gasteiger partial charge in [-0.05, 0) is 63.1 Å². The van der Waals surface area contributed by atoms with Crippen LogP contribution in [-0.4, -0.2) is 9.78 Å². The van der Waals surface area contributed by atoms with E-state index in [0.29, 0.717) is 0 Å². The molecule has 0 aliphatic heterocycles. The quantitative estimate of drug-likeness (QED) is 0.713. The van der Waals surface area contributed by atoms with E-state index in [9.17, 15) is 0 Å². The number of aryl methyl sites for hydroxylation is 1. The Labute approximate surface area is 115 Å². The molecule has 2 aromatic rings. The Balaban J connectivity index is 1.86. The summed E-state index contributed by atoms with van der Waals surface area (Å²) < 4.78 is 2.07. The Morgan fingerprint density at radius 3 is 2.79 bits per heavy atom. The van der Waals surface area contributed by atoms with Crippen molar-refractivity contribution in [3.8, 4) is 0 Å². The summed E-state index contributed by atoms with van der Waals surface area (Å²) in [6.07, 6.45) is 9.44. The Kier molecular flexibility index (Phi) is 3.41. The number of benzene rings is 1. The molecule has 0 bridgehead atoms. The maximum atomic E-state index is 4.43. The predicted molar refractivity (Wildman–Crippen MR) is 80.4 cm³/mol. The Hall–Kier alpha value is -1.57. The number of allylic oxidation sites excluding steroid dienone is 2. The summed E-state index contributed by atoms with van der Waals surface area (Å²) in [7, 11) is 0. The summed E-state index contributed by atoms with van der Waals surface area (Å²) in [5.41, 5.74) is 4.39. The van der Waals surface area contributed by atoms with Gasteiger partial charge in [0.05, 0.1) is 11.7 Å². The van der Waals surface area contributed by atoms with Gasteiger partial charge in [-0.2, -0.15) is 5.10 Å². The van der Waals surface area contributed by atoms with Gasteiger partial charge in [-0.15, -0.1) is 0 Å². The minimum absolute atomic E-state index is 0.734. The zero-order valence-corrected chi connectivity index (χ0v) is 11.9. The first-order valence-corrected chi connectivity index (χ1v) is 7.41. The molecular weight excluding hydrogens is 232 g/mol. The van der Waals surface area contributed by atoms with Crippen molar-refractivity contribution in [2.24, 2.45) is 0 Å². The Bertz CT molecular complexity index is 597. The summed E-state index contributed by atoms with van der Waals surface area (Å²) in [5.74, 6) is 0.734. The molecule has 0 spiro atoms. The molecule has 1 aromatic carbocycles. The van der Waals surface area contributed by atoms with Crippen LogP contribution in [0.15, 0.2) is 36.0 Å². The van der Waals surface area contributed by atoms with Gasteiger partial charge in [0.1, 0.15) is 0 Å². The Morgan fingerprint density at radius 1 is 1.32 bits per heavy atom. The predicted octanol–water partition coefficient (Wildman–Crippen LogP) is 4.66. The van der Waals surface area contributed by atoms with E-state index in [4.69, 9.17) is 0 Å². The molecule has 3 rings (SSSR count). The van der Waals surface area contributed by atoms with Gasteiger partial charge in [0.15, 0.2) is 0 Å². The highest BCUT2D eigenvalue weighted by Crippen LogP contribution is 2.36. The molecule has 2 nitrogen and oxygen atoms in total. The van der Waals surface area contributed by atoms with Crippen LogP contribution in [0.4, 0.5) is 0 Å². The molecule has 19 heavy (non-hydrogen) atoms. The third-order valence-corrected chi connectivity index (χ3v) is 4.47. The topological polar surface area (TPSA) is 17.8 Å². The molecule has 1 aliphatic rings. The minimum atomic E-state index is 0.734. The third kappa shape index (κ3) is 2.32. The van der Waals surface area contributed by atoms with Crippen LogP contribution in [0.5, 0.6) is 0 Å².